The Hall–Kier alpha value is -1.82. The van der Waals surface area contributed by atoms with Crippen LogP contribution in [0.15, 0.2) is 29.4 Å². The number of fused-ring (bicyclic) bond motifs is 3. The average Bonchev–Trinajstić information content (AvgIpc) is 2.63. The fraction of sp³-hybridized carbons (Fsp3) is 0.357. The van der Waals surface area contributed by atoms with Crippen LogP contribution in [-0.2, 0) is 0 Å². The van der Waals surface area contributed by atoms with Crippen molar-refractivity contribution in [3.05, 3.63) is 24.3 Å². The van der Waals surface area contributed by atoms with E-state index in [-0.39, 0.29) is 6.23 Å². The van der Waals surface area contributed by atoms with Gasteiger partial charge in [0.15, 0.2) is 11.9 Å². The van der Waals surface area contributed by atoms with E-state index in [2.05, 4.69) is 34.3 Å². The first-order valence-corrected chi connectivity index (χ1v) is 7.70. The van der Waals surface area contributed by atoms with Crippen molar-refractivity contribution in [2.75, 3.05) is 11.1 Å². The van der Waals surface area contributed by atoms with Crippen LogP contribution >= 0.6 is 11.8 Å². The second-order valence-electron chi connectivity index (χ2n) is 4.39. The van der Waals surface area contributed by atoms with E-state index in [1.165, 1.54) is 0 Å². The number of benzene rings is 1. The third kappa shape index (κ3) is 2.43. The summed E-state index contributed by atoms with van der Waals surface area (Å²) in [5.41, 5.74) is 2.68. The Kier molecular flexibility index (Phi) is 3.73. The molecule has 0 saturated heterocycles. The average molecular weight is 288 g/mol. The molecule has 5 nitrogen and oxygen atoms in total. The highest BCUT2D eigenvalue weighted by Crippen LogP contribution is 2.36. The molecule has 0 radical (unpaired) electrons. The Bertz CT molecular complexity index is 620. The third-order valence-electron chi connectivity index (χ3n) is 3.03. The maximum absolute atomic E-state index is 5.94. The van der Waals surface area contributed by atoms with Gasteiger partial charge in [-0.05, 0) is 11.8 Å². The number of anilines is 1. The van der Waals surface area contributed by atoms with Crippen molar-refractivity contribution in [3.63, 3.8) is 0 Å². The maximum Gasteiger partial charge on any atom is 0.247 e. The summed E-state index contributed by atoms with van der Waals surface area (Å²) in [6, 6.07) is 8.00. The van der Waals surface area contributed by atoms with Gasteiger partial charge in [-0.25, -0.2) is 0 Å². The minimum atomic E-state index is -0.103. The zero-order valence-corrected chi connectivity index (χ0v) is 12.3. The Labute approximate surface area is 122 Å². The van der Waals surface area contributed by atoms with E-state index in [1.54, 1.807) is 11.8 Å². The first-order valence-electron chi connectivity index (χ1n) is 6.72. The van der Waals surface area contributed by atoms with Gasteiger partial charge in [-0.2, -0.15) is 4.98 Å². The molecule has 0 unspecified atom stereocenters. The molecule has 1 N–H and O–H groups in total. The molecule has 104 valence electrons. The molecule has 1 aliphatic rings. The van der Waals surface area contributed by atoms with Gasteiger partial charge in [-0.15, -0.1) is 10.2 Å². The van der Waals surface area contributed by atoms with Gasteiger partial charge < -0.3 is 10.1 Å². The molecule has 1 aliphatic heterocycles. The number of aromatic nitrogens is 3. The quantitative estimate of drug-likeness (QED) is 0.875. The molecule has 0 amide bonds. The Morgan fingerprint density at radius 3 is 2.90 bits per heavy atom. The summed E-state index contributed by atoms with van der Waals surface area (Å²) in [5, 5.41) is 12.5. The molecule has 6 heteroatoms. The number of hydrogen-bond acceptors (Lipinski definition) is 6. The lowest BCUT2D eigenvalue weighted by atomic mass is 10.1. The summed E-state index contributed by atoms with van der Waals surface area (Å²) in [4.78, 5) is 4.49. The van der Waals surface area contributed by atoms with Crippen LogP contribution in [0.4, 0.5) is 5.69 Å². The van der Waals surface area contributed by atoms with E-state index in [0.29, 0.717) is 16.7 Å². The second-order valence-corrected chi connectivity index (χ2v) is 5.62. The van der Waals surface area contributed by atoms with Gasteiger partial charge in [0.05, 0.1) is 0 Å². The molecule has 1 aromatic carbocycles. The number of ether oxygens (including phenoxy) is 1. The van der Waals surface area contributed by atoms with Crippen LogP contribution in [0.5, 0.6) is 5.88 Å². The zero-order valence-electron chi connectivity index (χ0n) is 11.5. The SMILES string of the molecule is CCSc1nnc2c(n1)O[C@H](CC)Nc1ccccc1-2. The van der Waals surface area contributed by atoms with Gasteiger partial charge in [0, 0.05) is 17.7 Å². The summed E-state index contributed by atoms with van der Waals surface area (Å²) in [5.74, 6) is 1.47. The second kappa shape index (κ2) is 5.66. The van der Waals surface area contributed by atoms with E-state index >= 15 is 0 Å². The topological polar surface area (TPSA) is 59.9 Å². The molecule has 0 bridgehead atoms. The fourth-order valence-electron chi connectivity index (χ4n) is 2.08. The molecule has 0 spiro atoms. The lowest BCUT2D eigenvalue weighted by Crippen LogP contribution is -2.24. The minimum Gasteiger partial charge on any atom is -0.452 e. The van der Waals surface area contributed by atoms with Gasteiger partial charge in [0.2, 0.25) is 11.0 Å². The monoisotopic (exact) mass is 288 g/mol. The number of thioether (sulfide) groups is 1. The number of para-hydroxylation sites is 1. The van der Waals surface area contributed by atoms with E-state index in [4.69, 9.17) is 4.74 Å². The van der Waals surface area contributed by atoms with Crippen molar-refractivity contribution in [2.24, 2.45) is 0 Å². The normalized spacial score (nSPS) is 16.4. The lowest BCUT2D eigenvalue weighted by Gasteiger charge is -2.16. The summed E-state index contributed by atoms with van der Waals surface area (Å²) < 4.78 is 5.94. The molecule has 2 heterocycles. The number of rotatable bonds is 3. The molecular formula is C14H16N4OS. The first kappa shape index (κ1) is 13.2. The van der Waals surface area contributed by atoms with Crippen molar-refractivity contribution >= 4 is 17.4 Å². The van der Waals surface area contributed by atoms with Gasteiger partial charge in [0.1, 0.15) is 0 Å². The van der Waals surface area contributed by atoms with Crippen molar-refractivity contribution < 1.29 is 4.74 Å². The van der Waals surface area contributed by atoms with Crippen LogP contribution in [0.2, 0.25) is 0 Å². The predicted octanol–water partition coefficient (Wildman–Crippen LogP) is 3.19. The predicted molar refractivity (Wildman–Crippen MR) is 80.0 cm³/mol. The Morgan fingerprint density at radius 1 is 1.25 bits per heavy atom. The molecule has 1 aromatic heterocycles. The fourth-order valence-corrected chi connectivity index (χ4v) is 2.58. The Balaban J connectivity index is 2.11. The van der Waals surface area contributed by atoms with Crippen LogP contribution in [0.1, 0.15) is 20.3 Å². The van der Waals surface area contributed by atoms with Crippen molar-refractivity contribution in [3.8, 4) is 17.1 Å². The first-order chi connectivity index (χ1) is 9.81. The molecule has 0 saturated carbocycles. The van der Waals surface area contributed by atoms with Crippen molar-refractivity contribution in [1.29, 1.82) is 0 Å². The van der Waals surface area contributed by atoms with Crippen LogP contribution in [0.3, 0.4) is 0 Å². The molecular weight excluding hydrogens is 272 g/mol. The lowest BCUT2D eigenvalue weighted by molar-refractivity contribution is 0.216. The summed E-state index contributed by atoms with van der Waals surface area (Å²) in [7, 11) is 0. The largest absolute Gasteiger partial charge is 0.452 e. The van der Waals surface area contributed by atoms with Gasteiger partial charge in [0.25, 0.3) is 0 Å². The van der Waals surface area contributed by atoms with Gasteiger partial charge >= 0.3 is 0 Å². The standard InChI is InChI=1S/C14H16N4OS/c1-3-11-15-10-8-6-5-7-9(10)12-13(19-11)16-14(18-17-12)20-4-2/h5-8,11,15H,3-4H2,1-2H3/t11-/m1/s1. The van der Waals surface area contributed by atoms with E-state index in [9.17, 15) is 0 Å². The summed E-state index contributed by atoms with van der Waals surface area (Å²) in [6.07, 6.45) is 0.738. The van der Waals surface area contributed by atoms with Crippen LogP contribution in [0, 0.1) is 0 Å². The zero-order chi connectivity index (χ0) is 13.9. The molecule has 2 aromatic rings. The van der Waals surface area contributed by atoms with E-state index < -0.39 is 0 Å². The van der Waals surface area contributed by atoms with E-state index in [0.717, 1.165) is 23.4 Å². The molecule has 20 heavy (non-hydrogen) atoms. The highest BCUT2D eigenvalue weighted by atomic mass is 32.2. The summed E-state index contributed by atoms with van der Waals surface area (Å²) >= 11 is 1.56. The molecule has 0 aliphatic carbocycles. The van der Waals surface area contributed by atoms with Gasteiger partial charge in [-0.3, -0.25) is 0 Å². The number of nitrogens with zero attached hydrogens (tertiary/aromatic N) is 3. The minimum absolute atomic E-state index is 0.103. The van der Waals surface area contributed by atoms with Crippen molar-refractivity contribution in [2.45, 2.75) is 31.7 Å². The highest BCUT2D eigenvalue weighted by Gasteiger charge is 2.23. The smallest absolute Gasteiger partial charge is 0.247 e. The maximum atomic E-state index is 5.94. The van der Waals surface area contributed by atoms with E-state index in [1.807, 2.05) is 24.3 Å². The van der Waals surface area contributed by atoms with Gasteiger partial charge in [-0.1, -0.05) is 43.8 Å². The van der Waals surface area contributed by atoms with Crippen LogP contribution < -0.4 is 10.1 Å². The van der Waals surface area contributed by atoms with Crippen LogP contribution in [-0.4, -0.2) is 27.2 Å². The number of nitrogens with one attached hydrogen (secondary N) is 1. The third-order valence-corrected chi connectivity index (χ3v) is 3.75. The van der Waals surface area contributed by atoms with Crippen LogP contribution in [0.25, 0.3) is 11.3 Å². The number of hydrogen-bond donors (Lipinski definition) is 1. The van der Waals surface area contributed by atoms with Crippen molar-refractivity contribution in [1.82, 2.24) is 15.2 Å². The highest BCUT2D eigenvalue weighted by molar-refractivity contribution is 7.99. The molecule has 1 atom stereocenters. The summed E-state index contributed by atoms with van der Waals surface area (Å²) in [6.45, 7) is 4.13. The Morgan fingerprint density at radius 2 is 2.10 bits per heavy atom. The molecule has 3 rings (SSSR count). The molecule has 0 fully saturated rings.